The Balaban J connectivity index is 1.73. The predicted octanol–water partition coefficient (Wildman–Crippen LogP) is 4.15. The summed E-state index contributed by atoms with van der Waals surface area (Å²) < 4.78 is 10.3. The fourth-order valence-electron chi connectivity index (χ4n) is 4.57. The first kappa shape index (κ1) is 19.2. The molecule has 4 atom stereocenters. The van der Waals surface area contributed by atoms with Gasteiger partial charge in [-0.25, -0.2) is 0 Å². The molecule has 0 spiro atoms. The first-order valence-electron chi connectivity index (χ1n) is 9.92. The predicted molar refractivity (Wildman–Crippen MR) is 111 cm³/mol. The van der Waals surface area contributed by atoms with Crippen LogP contribution in [0.15, 0.2) is 66.7 Å². The third kappa shape index (κ3) is 3.41. The lowest BCUT2D eigenvalue weighted by atomic mass is 9.67. The number of hydrogen-bond donors (Lipinski definition) is 0. The summed E-state index contributed by atoms with van der Waals surface area (Å²) in [5.74, 6) is -0.189. The number of carbonyl (C=O) groups excluding carboxylic acids is 2. The van der Waals surface area contributed by atoms with Crippen LogP contribution in [0.2, 0.25) is 0 Å². The summed E-state index contributed by atoms with van der Waals surface area (Å²) in [5.41, 5.74) is 1.89. The largest absolute Gasteiger partial charge is 0.497 e. The molecule has 0 saturated carbocycles. The summed E-state index contributed by atoms with van der Waals surface area (Å²) in [6.45, 7) is 0. The number of β-lactam (4-membered cyclic amide) rings is 1. The third-order valence-corrected chi connectivity index (χ3v) is 6.02. The van der Waals surface area contributed by atoms with E-state index < -0.39 is 0 Å². The minimum Gasteiger partial charge on any atom is -0.497 e. The smallest absolute Gasteiger partial charge is 0.309 e. The van der Waals surface area contributed by atoms with E-state index in [1.807, 2.05) is 65.6 Å². The quantitative estimate of drug-likeness (QED) is 0.436. The molecule has 0 unspecified atom stereocenters. The standard InChI is InChI=1S/C24H25NO4/c1-28-18-14-12-16(13-15-18)22-21(19-10-6-7-11-20(19)24(27)29-2)23(26)25(22)17-8-4-3-5-9-17/h3-6,8-10,12-15,19-22H,7,11H2,1-2H3/t19-,20+,21+,22+/m0/s1. The number of ether oxygens (including phenoxy) is 2. The molecule has 0 bridgehead atoms. The number of rotatable bonds is 5. The molecule has 1 saturated heterocycles. The van der Waals surface area contributed by atoms with Crippen LogP contribution in [0.25, 0.3) is 0 Å². The van der Waals surface area contributed by atoms with Crippen molar-refractivity contribution in [2.75, 3.05) is 19.1 Å². The Labute approximate surface area is 170 Å². The van der Waals surface area contributed by atoms with Gasteiger partial charge < -0.3 is 14.4 Å². The van der Waals surface area contributed by atoms with Crippen molar-refractivity contribution in [2.45, 2.75) is 18.9 Å². The average Bonchev–Trinajstić information content (AvgIpc) is 2.78. The van der Waals surface area contributed by atoms with Gasteiger partial charge in [-0.2, -0.15) is 0 Å². The average molecular weight is 391 g/mol. The normalized spacial score (nSPS) is 26.0. The molecule has 2 aromatic rings. The number of esters is 1. The molecule has 1 aliphatic heterocycles. The minimum absolute atomic E-state index is 0.0440. The summed E-state index contributed by atoms with van der Waals surface area (Å²) >= 11 is 0. The van der Waals surface area contributed by atoms with Gasteiger partial charge in [0.15, 0.2) is 0 Å². The molecule has 1 fully saturated rings. The van der Waals surface area contributed by atoms with Crippen molar-refractivity contribution < 1.29 is 19.1 Å². The van der Waals surface area contributed by atoms with E-state index in [-0.39, 0.29) is 35.7 Å². The van der Waals surface area contributed by atoms with Gasteiger partial charge in [-0.1, -0.05) is 42.5 Å². The second kappa shape index (κ2) is 8.11. The van der Waals surface area contributed by atoms with Crippen LogP contribution in [0, 0.1) is 17.8 Å². The lowest BCUT2D eigenvalue weighted by Gasteiger charge is -2.51. The van der Waals surface area contributed by atoms with Crippen LogP contribution < -0.4 is 9.64 Å². The van der Waals surface area contributed by atoms with Crippen LogP contribution in [0.4, 0.5) is 5.69 Å². The molecule has 0 aromatic heterocycles. The lowest BCUT2D eigenvalue weighted by Crippen LogP contribution is -2.59. The summed E-state index contributed by atoms with van der Waals surface area (Å²) in [4.78, 5) is 27.6. The van der Waals surface area contributed by atoms with Gasteiger partial charge in [0, 0.05) is 11.6 Å². The second-order valence-corrected chi connectivity index (χ2v) is 7.50. The summed E-state index contributed by atoms with van der Waals surface area (Å²) in [7, 11) is 3.05. The minimum atomic E-state index is -0.302. The Kier molecular flexibility index (Phi) is 5.38. The Bertz CT molecular complexity index is 906. The van der Waals surface area contributed by atoms with Crippen molar-refractivity contribution in [2.24, 2.45) is 17.8 Å². The molecule has 5 nitrogen and oxygen atoms in total. The van der Waals surface area contributed by atoms with Crippen LogP contribution in [0.1, 0.15) is 24.4 Å². The maximum Gasteiger partial charge on any atom is 0.309 e. The molecule has 1 aliphatic carbocycles. The SMILES string of the molecule is COC(=O)[C@@H]1CCC=C[C@@H]1[C@H]1C(=O)N(c2ccccc2)[C@@H]1c1ccc(OC)cc1. The lowest BCUT2D eigenvalue weighted by molar-refractivity contribution is -0.149. The van der Waals surface area contributed by atoms with Gasteiger partial charge in [0.25, 0.3) is 0 Å². The highest BCUT2D eigenvalue weighted by atomic mass is 16.5. The van der Waals surface area contributed by atoms with E-state index in [4.69, 9.17) is 9.47 Å². The molecule has 4 rings (SSSR count). The number of benzene rings is 2. The fourth-order valence-corrected chi connectivity index (χ4v) is 4.57. The number of methoxy groups -OCH3 is 2. The van der Waals surface area contributed by atoms with Gasteiger partial charge in [-0.05, 0) is 42.7 Å². The Hall–Kier alpha value is -3.08. The van der Waals surface area contributed by atoms with Gasteiger partial charge in [0.1, 0.15) is 5.75 Å². The van der Waals surface area contributed by atoms with E-state index in [1.165, 1.54) is 7.11 Å². The first-order chi connectivity index (χ1) is 14.2. The number of para-hydroxylation sites is 1. The van der Waals surface area contributed by atoms with E-state index in [1.54, 1.807) is 7.11 Å². The topological polar surface area (TPSA) is 55.8 Å². The van der Waals surface area contributed by atoms with Crippen LogP contribution in [0.5, 0.6) is 5.75 Å². The fraction of sp³-hybridized carbons (Fsp3) is 0.333. The molecule has 5 heteroatoms. The van der Waals surface area contributed by atoms with Crippen molar-refractivity contribution >= 4 is 17.6 Å². The third-order valence-electron chi connectivity index (χ3n) is 6.02. The maximum atomic E-state index is 13.3. The Morgan fingerprint density at radius 3 is 2.41 bits per heavy atom. The molecule has 2 aliphatic rings. The molecule has 29 heavy (non-hydrogen) atoms. The van der Waals surface area contributed by atoms with Gasteiger partial charge in [-0.3, -0.25) is 9.59 Å². The number of hydrogen-bond acceptors (Lipinski definition) is 4. The summed E-state index contributed by atoms with van der Waals surface area (Å²) in [6.07, 6.45) is 5.64. The molecule has 1 heterocycles. The molecule has 2 aromatic carbocycles. The van der Waals surface area contributed by atoms with E-state index >= 15 is 0 Å². The maximum absolute atomic E-state index is 13.3. The van der Waals surface area contributed by atoms with Gasteiger partial charge in [0.2, 0.25) is 5.91 Å². The Morgan fingerprint density at radius 1 is 1.03 bits per heavy atom. The Morgan fingerprint density at radius 2 is 1.76 bits per heavy atom. The van der Waals surface area contributed by atoms with Crippen LogP contribution >= 0.6 is 0 Å². The molecule has 150 valence electrons. The van der Waals surface area contributed by atoms with Gasteiger partial charge >= 0.3 is 5.97 Å². The van der Waals surface area contributed by atoms with Crippen LogP contribution in [0.3, 0.4) is 0 Å². The monoisotopic (exact) mass is 391 g/mol. The highest BCUT2D eigenvalue weighted by Gasteiger charge is 2.54. The van der Waals surface area contributed by atoms with Crippen LogP contribution in [-0.4, -0.2) is 26.1 Å². The number of nitrogens with zero attached hydrogens (tertiary/aromatic N) is 1. The molecule has 0 radical (unpaired) electrons. The van der Waals surface area contributed by atoms with E-state index in [2.05, 4.69) is 6.08 Å². The van der Waals surface area contributed by atoms with E-state index in [0.717, 1.165) is 23.4 Å². The van der Waals surface area contributed by atoms with E-state index in [9.17, 15) is 9.59 Å². The highest BCUT2D eigenvalue weighted by molar-refractivity contribution is 6.04. The molecular weight excluding hydrogens is 366 g/mol. The van der Waals surface area contributed by atoms with Crippen molar-refractivity contribution in [1.82, 2.24) is 0 Å². The zero-order valence-corrected chi connectivity index (χ0v) is 16.7. The molecule has 0 N–H and O–H groups in total. The number of anilines is 1. The van der Waals surface area contributed by atoms with Crippen molar-refractivity contribution in [3.63, 3.8) is 0 Å². The molecular formula is C24H25NO4. The van der Waals surface area contributed by atoms with Crippen LogP contribution in [-0.2, 0) is 14.3 Å². The zero-order valence-electron chi connectivity index (χ0n) is 16.7. The first-order valence-corrected chi connectivity index (χ1v) is 9.92. The van der Waals surface area contributed by atoms with Crippen molar-refractivity contribution in [3.05, 3.63) is 72.3 Å². The highest BCUT2D eigenvalue weighted by Crippen LogP contribution is 2.50. The second-order valence-electron chi connectivity index (χ2n) is 7.50. The summed E-state index contributed by atoms with van der Waals surface area (Å²) in [6, 6.07) is 17.4. The summed E-state index contributed by atoms with van der Waals surface area (Å²) in [5, 5.41) is 0. The van der Waals surface area contributed by atoms with Gasteiger partial charge in [-0.15, -0.1) is 0 Å². The zero-order chi connectivity index (χ0) is 20.4. The van der Waals surface area contributed by atoms with Crippen molar-refractivity contribution in [1.29, 1.82) is 0 Å². The number of amides is 1. The van der Waals surface area contributed by atoms with Crippen molar-refractivity contribution in [3.8, 4) is 5.75 Å². The number of allylic oxidation sites excluding steroid dienone is 2. The molecule has 1 amide bonds. The number of carbonyl (C=O) groups is 2. The van der Waals surface area contributed by atoms with Gasteiger partial charge in [0.05, 0.1) is 32.1 Å². The van der Waals surface area contributed by atoms with E-state index in [0.29, 0.717) is 6.42 Å².